The normalized spacial score (nSPS) is 12.2. The van der Waals surface area contributed by atoms with Gasteiger partial charge in [-0.25, -0.2) is 4.98 Å². The molecule has 0 saturated carbocycles. The van der Waals surface area contributed by atoms with Crippen molar-refractivity contribution in [3.63, 3.8) is 0 Å². The number of H-pyrrole nitrogens is 1. The lowest BCUT2D eigenvalue weighted by atomic mass is 10.1. The van der Waals surface area contributed by atoms with Gasteiger partial charge in [0.2, 0.25) is 6.79 Å². The Hall–Kier alpha value is -3.55. The minimum absolute atomic E-state index is 0.160. The summed E-state index contributed by atoms with van der Waals surface area (Å²) in [6, 6.07) is 7.32. The molecule has 2 N–H and O–H groups in total. The number of fused-ring (bicyclic) bond motifs is 1. The van der Waals surface area contributed by atoms with Crippen molar-refractivity contribution in [1.29, 1.82) is 0 Å². The molecule has 3 aromatic rings. The first-order chi connectivity index (χ1) is 13.6. The molecule has 1 aromatic carbocycles. The van der Waals surface area contributed by atoms with Crippen LogP contribution in [-0.4, -0.2) is 33.8 Å². The zero-order chi connectivity index (χ0) is 19.5. The van der Waals surface area contributed by atoms with Crippen LogP contribution in [0.3, 0.4) is 0 Å². The maximum atomic E-state index is 12.9. The zero-order valence-corrected chi connectivity index (χ0v) is 15.4. The molecule has 0 radical (unpaired) electrons. The maximum absolute atomic E-state index is 12.9. The molecule has 0 aliphatic carbocycles. The second-order valence-corrected chi connectivity index (χ2v) is 6.58. The van der Waals surface area contributed by atoms with E-state index in [1.165, 1.54) is 4.57 Å². The van der Waals surface area contributed by atoms with Crippen LogP contribution >= 0.6 is 0 Å². The smallest absolute Gasteiger partial charge is 0.263 e. The van der Waals surface area contributed by atoms with Gasteiger partial charge >= 0.3 is 0 Å². The van der Waals surface area contributed by atoms with E-state index in [0.717, 1.165) is 11.3 Å². The van der Waals surface area contributed by atoms with Gasteiger partial charge in [0.25, 0.3) is 11.5 Å². The number of nitrogens with zero attached hydrogens (tertiary/aromatic N) is 2. The Bertz CT molecular complexity index is 1060. The van der Waals surface area contributed by atoms with Crippen molar-refractivity contribution in [2.24, 2.45) is 0 Å². The number of ether oxygens (including phenoxy) is 2. The Balaban J connectivity index is 1.50. The predicted octanol–water partition coefficient (Wildman–Crippen LogP) is 1.63. The fraction of sp³-hybridized carbons (Fsp3) is 0.250. The first kappa shape index (κ1) is 17.8. The van der Waals surface area contributed by atoms with Crippen LogP contribution in [0.25, 0.3) is 0 Å². The Morgan fingerprint density at radius 2 is 2.14 bits per heavy atom. The third-order valence-corrected chi connectivity index (χ3v) is 4.63. The molecule has 0 fully saturated rings. The van der Waals surface area contributed by atoms with Gasteiger partial charge < -0.3 is 24.3 Å². The molecule has 2 aromatic heterocycles. The lowest BCUT2D eigenvalue weighted by Gasteiger charge is -2.11. The first-order valence-corrected chi connectivity index (χ1v) is 8.96. The standard InChI is InChI=1S/C20H20N4O4/c1-13-5-7-24(10-14-2-3-16-17(8-14)28-12-27-16)20(26)18(13)19(25)22-6-4-15-9-21-11-23-15/h2-3,5,7-9,11H,4,6,10,12H2,1H3,(H,21,23)(H,22,25). The van der Waals surface area contributed by atoms with Crippen molar-refractivity contribution in [2.75, 3.05) is 13.3 Å². The van der Waals surface area contributed by atoms with Crippen LogP contribution in [0, 0.1) is 6.92 Å². The van der Waals surface area contributed by atoms with Gasteiger partial charge in [0.15, 0.2) is 11.5 Å². The number of amides is 1. The highest BCUT2D eigenvalue weighted by atomic mass is 16.7. The van der Waals surface area contributed by atoms with Gasteiger partial charge in [-0.2, -0.15) is 0 Å². The van der Waals surface area contributed by atoms with E-state index in [9.17, 15) is 9.59 Å². The van der Waals surface area contributed by atoms with E-state index in [2.05, 4.69) is 15.3 Å². The van der Waals surface area contributed by atoms with Crippen LogP contribution in [0.4, 0.5) is 0 Å². The average molecular weight is 380 g/mol. The summed E-state index contributed by atoms with van der Waals surface area (Å²) in [6.07, 6.45) is 5.61. The van der Waals surface area contributed by atoms with Crippen LogP contribution in [0.15, 0.2) is 47.8 Å². The summed E-state index contributed by atoms with van der Waals surface area (Å²) in [5.74, 6) is 0.980. The summed E-state index contributed by atoms with van der Waals surface area (Å²) in [7, 11) is 0. The van der Waals surface area contributed by atoms with Crippen LogP contribution in [0.2, 0.25) is 0 Å². The quantitative estimate of drug-likeness (QED) is 0.677. The molecule has 0 atom stereocenters. The van der Waals surface area contributed by atoms with E-state index in [1.54, 1.807) is 31.7 Å². The minimum Gasteiger partial charge on any atom is -0.454 e. The molecular weight excluding hydrogens is 360 g/mol. The molecule has 0 saturated heterocycles. The number of carbonyl (C=O) groups excluding carboxylic acids is 1. The molecule has 3 heterocycles. The molecule has 1 aliphatic heterocycles. The van der Waals surface area contributed by atoms with Crippen LogP contribution in [-0.2, 0) is 13.0 Å². The fourth-order valence-corrected chi connectivity index (χ4v) is 3.12. The summed E-state index contributed by atoms with van der Waals surface area (Å²) in [5.41, 5.74) is 2.29. The van der Waals surface area contributed by atoms with Crippen molar-refractivity contribution < 1.29 is 14.3 Å². The number of benzene rings is 1. The van der Waals surface area contributed by atoms with Gasteiger partial charge in [-0.05, 0) is 36.2 Å². The van der Waals surface area contributed by atoms with Crippen LogP contribution in [0.1, 0.15) is 27.2 Å². The number of carbonyl (C=O) groups is 1. The molecule has 1 amide bonds. The lowest BCUT2D eigenvalue weighted by molar-refractivity contribution is 0.0951. The van der Waals surface area contributed by atoms with E-state index in [1.807, 2.05) is 18.2 Å². The average Bonchev–Trinajstić information content (AvgIpc) is 3.35. The first-order valence-electron chi connectivity index (χ1n) is 8.96. The third kappa shape index (κ3) is 3.62. The van der Waals surface area contributed by atoms with Crippen molar-refractivity contribution in [2.45, 2.75) is 19.9 Å². The van der Waals surface area contributed by atoms with Crippen molar-refractivity contribution in [3.8, 4) is 11.5 Å². The molecule has 1 aliphatic rings. The van der Waals surface area contributed by atoms with E-state index in [-0.39, 0.29) is 23.8 Å². The molecule has 4 rings (SSSR count). The lowest BCUT2D eigenvalue weighted by Crippen LogP contribution is -2.35. The summed E-state index contributed by atoms with van der Waals surface area (Å²) in [6.45, 7) is 2.71. The van der Waals surface area contributed by atoms with E-state index in [0.29, 0.717) is 36.6 Å². The Labute approximate surface area is 161 Å². The maximum Gasteiger partial charge on any atom is 0.263 e. The SMILES string of the molecule is Cc1ccn(Cc2ccc3c(c2)OCO3)c(=O)c1C(=O)NCCc1cnc[nH]1. The number of aromatic nitrogens is 3. The largest absolute Gasteiger partial charge is 0.454 e. The summed E-state index contributed by atoms with van der Waals surface area (Å²) in [5, 5.41) is 2.81. The highest BCUT2D eigenvalue weighted by Crippen LogP contribution is 2.32. The Kier molecular flexibility index (Phi) is 4.84. The number of aryl methyl sites for hydroxylation is 1. The van der Waals surface area contributed by atoms with Crippen molar-refractivity contribution in [1.82, 2.24) is 19.9 Å². The molecule has 0 unspecified atom stereocenters. The monoisotopic (exact) mass is 380 g/mol. The van der Waals surface area contributed by atoms with E-state index >= 15 is 0 Å². The highest BCUT2D eigenvalue weighted by molar-refractivity contribution is 5.95. The second-order valence-electron chi connectivity index (χ2n) is 6.58. The summed E-state index contributed by atoms with van der Waals surface area (Å²) in [4.78, 5) is 32.4. The molecule has 0 spiro atoms. The Morgan fingerprint density at radius 1 is 1.29 bits per heavy atom. The molecule has 144 valence electrons. The van der Waals surface area contributed by atoms with Gasteiger partial charge in [-0.1, -0.05) is 6.07 Å². The van der Waals surface area contributed by atoms with E-state index < -0.39 is 0 Å². The molecule has 8 nitrogen and oxygen atoms in total. The number of hydrogen-bond donors (Lipinski definition) is 2. The summed E-state index contributed by atoms with van der Waals surface area (Å²) >= 11 is 0. The molecule has 0 bridgehead atoms. The highest BCUT2D eigenvalue weighted by Gasteiger charge is 2.17. The Morgan fingerprint density at radius 3 is 2.96 bits per heavy atom. The van der Waals surface area contributed by atoms with Crippen molar-refractivity contribution in [3.05, 3.63) is 75.7 Å². The number of nitrogens with one attached hydrogen (secondary N) is 2. The minimum atomic E-state index is -0.373. The third-order valence-electron chi connectivity index (χ3n) is 4.63. The molecular formula is C20H20N4O4. The van der Waals surface area contributed by atoms with Crippen molar-refractivity contribution >= 4 is 5.91 Å². The second kappa shape index (κ2) is 7.59. The van der Waals surface area contributed by atoms with Gasteiger partial charge in [-0.15, -0.1) is 0 Å². The number of pyridine rings is 1. The van der Waals surface area contributed by atoms with Gasteiger partial charge in [0, 0.05) is 31.1 Å². The number of hydrogen-bond acceptors (Lipinski definition) is 5. The number of rotatable bonds is 6. The van der Waals surface area contributed by atoms with Gasteiger partial charge in [0.1, 0.15) is 5.56 Å². The van der Waals surface area contributed by atoms with Crippen LogP contribution in [0.5, 0.6) is 11.5 Å². The number of imidazole rings is 1. The molecule has 8 heteroatoms. The topological polar surface area (TPSA) is 98.2 Å². The van der Waals surface area contributed by atoms with Gasteiger partial charge in [0.05, 0.1) is 12.9 Å². The fourth-order valence-electron chi connectivity index (χ4n) is 3.12. The van der Waals surface area contributed by atoms with Crippen LogP contribution < -0.4 is 20.3 Å². The zero-order valence-electron chi connectivity index (χ0n) is 15.4. The van der Waals surface area contributed by atoms with Gasteiger partial charge in [-0.3, -0.25) is 9.59 Å². The van der Waals surface area contributed by atoms with E-state index in [4.69, 9.17) is 9.47 Å². The predicted molar refractivity (Wildman–Crippen MR) is 102 cm³/mol. The number of aromatic amines is 1. The molecule has 28 heavy (non-hydrogen) atoms. The summed E-state index contributed by atoms with van der Waals surface area (Å²) < 4.78 is 12.2.